The van der Waals surface area contributed by atoms with Gasteiger partial charge in [-0.2, -0.15) is 0 Å². The van der Waals surface area contributed by atoms with E-state index in [1.807, 2.05) is 12.2 Å². The summed E-state index contributed by atoms with van der Waals surface area (Å²) >= 11 is 6.28. The average Bonchev–Trinajstić information content (AvgIpc) is 2.88. The molecule has 0 radical (unpaired) electrons. The van der Waals surface area contributed by atoms with Crippen molar-refractivity contribution in [2.24, 2.45) is 5.73 Å². The third-order valence-electron chi connectivity index (χ3n) is 3.70. The Morgan fingerprint density at radius 3 is 2.96 bits per heavy atom. The second kappa shape index (κ2) is 6.44. The van der Waals surface area contributed by atoms with Crippen LogP contribution in [0.2, 0.25) is 5.15 Å². The highest BCUT2D eigenvalue weighted by molar-refractivity contribution is 6.32. The number of imidazole rings is 1. The Bertz CT molecular complexity index is 768. The van der Waals surface area contributed by atoms with Crippen molar-refractivity contribution in [2.45, 2.75) is 25.3 Å². The van der Waals surface area contributed by atoms with Crippen LogP contribution in [-0.4, -0.2) is 15.9 Å². The van der Waals surface area contributed by atoms with Crippen LogP contribution in [0.25, 0.3) is 11.3 Å². The second-order valence-electron chi connectivity index (χ2n) is 5.49. The highest BCUT2D eigenvalue weighted by Gasteiger charge is 2.18. The molecule has 0 fully saturated rings. The molecule has 1 aromatic heterocycles. The predicted octanol–water partition coefficient (Wildman–Crippen LogP) is 2.99. The van der Waals surface area contributed by atoms with Crippen molar-refractivity contribution in [3.05, 3.63) is 41.3 Å². The number of anilines is 2. The fraction of sp³-hybridized carbons (Fsp3) is 0.250. The molecule has 2 heterocycles. The molecule has 0 saturated carbocycles. The van der Waals surface area contributed by atoms with Crippen molar-refractivity contribution < 1.29 is 4.79 Å². The summed E-state index contributed by atoms with van der Waals surface area (Å²) in [6.45, 7) is 0. The van der Waals surface area contributed by atoms with Gasteiger partial charge in [0.2, 0.25) is 5.91 Å². The first-order valence-corrected chi connectivity index (χ1v) is 7.78. The Labute approximate surface area is 138 Å². The van der Waals surface area contributed by atoms with Gasteiger partial charge in [0.1, 0.15) is 16.7 Å². The molecule has 23 heavy (non-hydrogen) atoms. The second-order valence-corrected chi connectivity index (χ2v) is 5.87. The van der Waals surface area contributed by atoms with E-state index >= 15 is 0 Å². The van der Waals surface area contributed by atoms with E-state index in [1.54, 1.807) is 18.2 Å². The quantitative estimate of drug-likeness (QED) is 0.439. The van der Waals surface area contributed by atoms with Gasteiger partial charge in [-0.05, 0) is 31.0 Å². The van der Waals surface area contributed by atoms with E-state index in [2.05, 4.69) is 15.3 Å². The number of hydrogen-bond acceptors (Lipinski definition) is 4. The smallest absolute Gasteiger partial charge is 0.224 e. The minimum atomic E-state index is -0.279. The molecule has 0 saturated heterocycles. The predicted molar refractivity (Wildman–Crippen MR) is 92.0 cm³/mol. The van der Waals surface area contributed by atoms with Gasteiger partial charge < -0.3 is 21.8 Å². The van der Waals surface area contributed by atoms with Crippen LogP contribution in [0.1, 0.15) is 31.1 Å². The molecule has 6 nitrogen and oxygen atoms in total. The average molecular weight is 332 g/mol. The topological polar surface area (TPSA) is 110 Å². The van der Waals surface area contributed by atoms with Crippen LogP contribution in [-0.2, 0) is 4.79 Å². The number of nitrogens with one attached hydrogen (secondary N) is 2. The highest BCUT2D eigenvalue weighted by Crippen LogP contribution is 2.34. The number of fused-ring (bicyclic) bond motifs is 4. The molecule has 3 rings (SSSR count). The van der Waals surface area contributed by atoms with Gasteiger partial charge in [-0.3, -0.25) is 4.79 Å². The summed E-state index contributed by atoms with van der Waals surface area (Å²) in [5, 5.41) is 3.27. The number of amides is 1. The molecule has 1 atom stereocenters. The summed E-state index contributed by atoms with van der Waals surface area (Å²) < 4.78 is 0. The SMILES string of the molecule is Nc1ccc2c(c1)NC(=O)CCC=CC[C@H](N)c1nc-2c(Cl)[nH]1. The van der Waals surface area contributed by atoms with Crippen molar-refractivity contribution in [3.8, 4) is 11.3 Å². The van der Waals surface area contributed by atoms with Crippen molar-refractivity contribution >= 4 is 28.9 Å². The maximum atomic E-state index is 12.1. The first kappa shape index (κ1) is 15.6. The monoisotopic (exact) mass is 331 g/mol. The van der Waals surface area contributed by atoms with E-state index in [4.69, 9.17) is 23.1 Å². The summed E-state index contributed by atoms with van der Waals surface area (Å²) in [4.78, 5) is 19.6. The third-order valence-corrected chi connectivity index (χ3v) is 3.97. The Morgan fingerprint density at radius 2 is 2.13 bits per heavy atom. The van der Waals surface area contributed by atoms with Crippen molar-refractivity contribution in [2.75, 3.05) is 11.1 Å². The fourth-order valence-electron chi connectivity index (χ4n) is 2.49. The third kappa shape index (κ3) is 3.38. The number of nitrogens with two attached hydrogens (primary N) is 2. The van der Waals surface area contributed by atoms with Crippen LogP contribution in [0.3, 0.4) is 0 Å². The number of aromatic amines is 1. The number of nitrogen functional groups attached to an aromatic ring is 1. The summed E-state index contributed by atoms with van der Waals surface area (Å²) in [5.74, 6) is 0.528. The Morgan fingerprint density at radius 1 is 1.30 bits per heavy atom. The van der Waals surface area contributed by atoms with Crippen LogP contribution in [0.4, 0.5) is 11.4 Å². The van der Waals surface area contributed by atoms with Crippen LogP contribution in [0, 0.1) is 0 Å². The van der Waals surface area contributed by atoms with Gasteiger partial charge in [0.15, 0.2) is 0 Å². The number of nitrogens with zero attached hydrogens (tertiary/aromatic N) is 1. The lowest BCUT2D eigenvalue weighted by molar-refractivity contribution is -0.116. The van der Waals surface area contributed by atoms with E-state index in [-0.39, 0.29) is 11.9 Å². The summed E-state index contributed by atoms with van der Waals surface area (Å²) in [7, 11) is 0. The standard InChI is InChI=1S/C16H18ClN5O/c17-15-14-10-7-6-9(18)8-12(10)20-13(23)5-3-1-2-4-11(19)16(21-14)22-15/h1-2,6-8,11H,3-5,18-19H2,(H,20,23)(H,21,22)/t11-/m0/s1. The molecule has 1 aliphatic rings. The van der Waals surface area contributed by atoms with Gasteiger partial charge in [-0.1, -0.05) is 23.8 Å². The number of hydrogen-bond donors (Lipinski definition) is 4. The van der Waals surface area contributed by atoms with Crippen LogP contribution in [0.15, 0.2) is 30.4 Å². The first-order valence-electron chi connectivity index (χ1n) is 7.40. The van der Waals surface area contributed by atoms with E-state index in [1.165, 1.54) is 0 Å². The number of benzene rings is 1. The van der Waals surface area contributed by atoms with Crippen molar-refractivity contribution in [1.29, 1.82) is 0 Å². The normalized spacial score (nSPS) is 18.3. The summed E-state index contributed by atoms with van der Waals surface area (Å²) in [6, 6.07) is 4.96. The van der Waals surface area contributed by atoms with E-state index < -0.39 is 0 Å². The zero-order valence-electron chi connectivity index (χ0n) is 12.5. The lowest BCUT2D eigenvalue weighted by Gasteiger charge is -2.11. The van der Waals surface area contributed by atoms with Crippen LogP contribution in [0.5, 0.6) is 0 Å². The number of aromatic nitrogens is 2. The van der Waals surface area contributed by atoms with Gasteiger partial charge >= 0.3 is 0 Å². The minimum absolute atomic E-state index is 0.0862. The number of carbonyl (C=O) groups is 1. The number of halogens is 1. The lowest BCUT2D eigenvalue weighted by atomic mass is 10.1. The lowest BCUT2D eigenvalue weighted by Crippen LogP contribution is -2.12. The fourth-order valence-corrected chi connectivity index (χ4v) is 2.74. The molecule has 1 aliphatic heterocycles. The molecule has 6 N–H and O–H groups in total. The van der Waals surface area contributed by atoms with Gasteiger partial charge in [-0.25, -0.2) is 4.98 Å². The number of H-pyrrole nitrogens is 1. The van der Waals surface area contributed by atoms with Crippen LogP contribution < -0.4 is 16.8 Å². The van der Waals surface area contributed by atoms with E-state index in [0.29, 0.717) is 52.9 Å². The van der Waals surface area contributed by atoms with Gasteiger partial charge in [0.25, 0.3) is 0 Å². The Balaban J connectivity index is 2.12. The van der Waals surface area contributed by atoms with Gasteiger partial charge in [0.05, 0.1) is 11.7 Å². The van der Waals surface area contributed by atoms with Crippen LogP contribution >= 0.6 is 11.6 Å². The molecule has 0 spiro atoms. The van der Waals surface area contributed by atoms with Crippen molar-refractivity contribution in [3.63, 3.8) is 0 Å². The van der Waals surface area contributed by atoms with Gasteiger partial charge in [0, 0.05) is 17.7 Å². The molecular weight excluding hydrogens is 314 g/mol. The number of allylic oxidation sites excluding steroid dienone is 1. The molecule has 2 bridgehead atoms. The molecule has 2 aromatic rings. The molecule has 0 unspecified atom stereocenters. The summed E-state index contributed by atoms with van der Waals surface area (Å²) in [6.07, 6.45) is 5.57. The van der Waals surface area contributed by atoms with Gasteiger partial charge in [-0.15, -0.1) is 0 Å². The van der Waals surface area contributed by atoms with E-state index in [9.17, 15) is 4.79 Å². The van der Waals surface area contributed by atoms with E-state index in [0.717, 1.165) is 0 Å². The number of carbonyl (C=O) groups excluding carboxylic acids is 1. The molecule has 1 aromatic carbocycles. The highest BCUT2D eigenvalue weighted by atomic mass is 35.5. The molecule has 120 valence electrons. The zero-order chi connectivity index (χ0) is 16.4. The maximum absolute atomic E-state index is 12.1. The largest absolute Gasteiger partial charge is 0.399 e. The summed E-state index contributed by atoms with van der Waals surface area (Å²) in [5.41, 5.74) is 14.4. The number of rotatable bonds is 0. The first-order chi connectivity index (χ1) is 11.0. The van der Waals surface area contributed by atoms with Crippen molar-refractivity contribution in [1.82, 2.24) is 9.97 Å². The molecule has 7 heteroatoms. The Kier molecular flexibility index (Phi) is 4.36. The Hall–Kier alpha value is -2.31. The minimum Gasteiger partial charge on any atom is -0.399 e. The maximum Gasteiger partial charge on any atom is 0.224 e. The molecular formula is C16H18ClN5O. The molecule has 1 amide bonds. The molecule has 0 aliphatic carbocycles. The zero-order valence-corrected chi connectivity index (χ0v) is 13.2.